The van der Waals surface area contributed by atoms with Gasteiger partial charge in [0.05, 0.1) is 0 Å². The molecule has 0 bridgehead atoms. The molecule has 0 heterocycles. The Morgan fingerprint density at radius 2 is 2.11 bits per heavy atom. The molecular weight excluding hydrogens is 250 g/mol. The molecule has 4 heteroatoms. The van der Waals surface area contributed by atoms with Crippen LogP contribution in [0.5, 0.6) is 0 Å². The number of hydrogen-bond donors (Lipinski definition) is 1. The second kappa shape index (κ2) is 6.97. The second-order valence-electron chi connectivity index (χ2n) is 3.97. The van der Waals surface area contributed by atoms with Gasteiger partial charge in [0.1, 0.15) is 0 Å². The highest BCUT2D eigenvalue weighted by Gasteiger charge is 2.06. The standard InChI is InChI=1S/C14H16ClNO2/c1-3-5-13(17)11-6-4-7-12(9-11)16-14(18)8-10(2)15/h4,6-9H,3,5H2,1-2H3,(H,16,18)/b10-8-. The van der Waals surface area contributed by atoms with Crippen LogP contribution in [0.25, 0.3) is 0 Å². The normalized spacial score (nSPS) is 11.2. The van der Waals surface area contributed by atoms with E-state index >= 15 is 0 Å². The van der Waals surface area contributed by atoms with E-state index in [0.717, 1.165) is 6.42 Å². The van der Waals surface area contributed by atoms with Crippen molar-refractivity contribution in [2.45, 2.75) is 26.7 Å². The molecule has 96 valence electrons. The van der Waals surface area contributed by atoms with Crippen molar-refractivity contribution in [2.24, 2.45) is 0 Å². The summed E-state index contributed by atoms with van der Waals surface area (Å²) in [4.78, 5) is 23.2. The van der Waals surface area contributed by atoms with E-state index in [2.05, 4.69) is 5.32 Å². The lowest BCUT2D eigenvalue weighted by molar-refractivity contribution is -0.111. The third-order valence-corrected chi connectivity index (χ3v) is 2.37. The molecule has 0 radical (unpaired) electrons. The van der Waals surface area contributed by atoms with Gasteiger partial charge < -0.3 is 5.32 Å². The van der Waals surface area contributed by atoms with Crippen LogP contribution in [0.2, 0.25) is 0 Å². The van der Waals surface area contributed by atoms with E-state index in [1.807, 2.05) is 6.92 Å². The van der Waals surface area contributed by atoms with Crippen molar-refractivity contribution in [3.8, 4) is 0 Å². The summed E-state index contributed by atoms with van der Waals surface area (Å²) < 4.78 is 0. The molecule has 1 amide bonds. The van der Waals surface area contributed by atoms with Gasteiger partial charge in [-0.1, -0.05) is 30.7 Å². The van der Waals surface area contributed by atoms with Crippen molar-refractivity contribution >= 4 is 29.0 Å². The van der Waals surface area contributed by atoms with Crippen molar-refractivity contribution in [1.82, 2.24) is 0 Å². The Morgan fingerprint density at radius 1 is 1.39 bits per heavy atom. The van der Waals surface area contributed by atoms with Crippen LogP contribution in [0.1, 0.15) is 37.0 Å². The zero-order valence-electron chi connectivity index (χ0n) is 10.5. The van der Waals surface area contributed by atoms with E-state index in [1.54, 1.807) is 31.2 Å². The second-order valence-corrected chi connectivity index (χ2v) is 4.57. The highest BCUT2D eigenvalue weighted by molar-refractivity contribution is 6.31. The first kappa shape index (κ1) is 14.5. The number of nitrogens with one attached hydrogen (secondary N) is 1. The number of carbonyl (C=O) groups is 2. The molecular formula is C14H16ClNO2. The molecule has 0 atom stereocenters. The Kier molecular flexibility index (Phi) is 5.59. The molecule has 0 saturated carbocycles. The quantitative estimate of drug-likeness (QED) is 0.651. The molecule has 0 aromatic heterocycles. The molecule has 1 aromatic carbocycles. The minimum absolute atomic E-state index is 0.0812. The summed E-state index contributed by atoms with van der Waals surface area (Å²) in [6.45, 7) is 3.58. The fraction of sp³-hybridized carbons (Fsp3) is 0.286. The number of Topliss-reactive ketones (excluding diaryl/α,β-unsaturated/α-hetero) is 1. The van der Waals surface area contributed by atoms with Gasteiger partial charge in [-0.3, -0.25) is 9.59 Å². The predicted molar refractivity (Wildman–Crippen MR) is 73.9 cm³/mol. The predicted octanol–water partition coefficient (Wildman–Crippen LogP) is 3.75. The van der Waals surface area contributed by atoms with E-state index < -0.39 is 0 Å². The molecule has 0 saturated heterocycles. The summed E-state index contributed by atoms with van der Waals surface area (Å²) in [5.41, 5.74) is 1.21. The van der Waals surface area contributed by atoms with Gasteiger partial charge in [0.25, 0.3) is 0 Å². The van der Waals surface area contributed by atoms with Crippen molar-refractivity contribution in [1.29, 1.82) is 0 Å². The molecule has 0 aliphatic rings. The molecule has 1 aromatic rings. The highest BCUT2D eigenvalue weighted by atomic mass is 35.5. The summed E-state index contributed by atoms with van der Waals surface area (Å²) >= 11 is 5.61. The van der Waals surface area contributed by atoms with Crippen LogP contribution in [0.15, 0.2) is 35.4 Å². The molecule has 1 N–H and O–H groups in total. The van der Waals surface area contributed by atoms with Crippen LogP contribution in [0.3, 0.4) is 0 Å². The number of hydrogen-bond acceptors (Lipinski definition) is 2. The highest BCUT2D eigenvalue weighted by Crippen LogP contribution is 2.13. The van der Waals surface area contributed by atoms with E-state index in [0.29, 0.717) is 22.7 Å². The maximum atomic E-state index is 11.7. The average molecular weight is 266 g/mol. The van der Waals surface area contributed by atoms with Crippen LogP contribution < -0.4 is 5.32 Å². The van der Waals surface area contributed by atoms with Crippen LogP contribution in [0.4, 0.5) is 5.69 Å². The molecule has 18 heavy (non-hydrogen) atoms. The average Bonchev–Trinajstić information content (AvgIpc) is 2.28. The smallest absolute Gasteiger partial charge is 0.249 e. The zero-order chi connectivity index (χ0) is 13.5. The fourth-order valence-corrected chi connectivity index (χ4v) is 1.60. The van der Waals surface area contributed by atoms with Gasteiger partial charge in [0.2, 0.25) is 5.91 Å². The Hall–Kier alpha value is -1.61. The first-order chi connectivity index (χ1) is 8.52. The van der Waals surface area contributed by atoms with Gasteiger partial charge in [0.15, 0.2) is 5.78 Å². The van der Waals surface area contributed by atoms with Crippen LogP contribution in [-0.2, 0) is 4.79 Å². The lowest BCUT2D eigenvalue weighted by atomic mass is 10.1. The molecule has 0 unspecified atom stereocenters. The van der Waals surface area contributed by atoms with Gasteiger partial charge in [-0.25, -0.2) is 0 Å². The Balaban J connectivity index is 2.79. The summed E-state index contributed by atoms with van der Waals surface area (Å²) in [5, 5.41) is 3.07. The summed E-state index contributed by atoms with van der Waals surface area (Å²) in [6.07, 6.45) is 2.61. The minimum Gasteiger partial charge on any atom is -0.322 e. The molecule has 3 nitrogen and oxygen atoms in total. The molecule has 1 rings (SSSR count). The number of benzene rings is 1. The van der Waals surface area contributed by atoms with Gasteiger partial charge in [-0.05, 0) is 25.5 Å². The first-order valence-corrected chi connectivity index (χ1v) is 6.18. The van der Waals surface area contributed by atoms with E-state index in [-0.39, 0.29) is 11.7 Å². The van der Waals surface area contributed by atoms with Crippen LogP contribution >= 0.6 is 11.6 Å². The van der Waals surface area contributed by atoms with Crippen molar-refractivity contribution < 1.29 is 9.59 Å². The third kappa shape index (κ3) is 4.72. The van der Waals surface area contributed by atoms with E-state index in [9.17, 15) is 9.59 Å². The number of allylic oxidation sites excluding steroid dienone is 1. The Morgan fingerprint density at radius 3 is 2.72 bits per heavy atom. The largest absolute Gasteiger partial charge is 0.322 e. The van der Waals surface area contributed by atoms with Gasteiger partial charge in [0, 0.05) is 28.8 Å². The van der Waals surface area contributed by atoms with E-state index in [4.69, 9.17) is 11.6 Å². The molecule has 0 spiro atoms. The minimum atomic E-state index is -0.303. The number of anilines is 1. The van der Waals surface area contributed by atoms with Crippen molar-refractivity contribution in [3.05, 3.63) is 40.9 Å². The Labute approximate surface area is 112 Å². The van der Waals surface area contributed by atoms with Crippen LogP contribution in [0, 0.1) is 0 Å². The zero-order valence-corrected chi connectivity index (χ0v) is 11.3. The van der Waals surface area contributed by atoms with E-state index in [1.165, 1.54) is 6.08 Å². The number of carbonyl (C=O) groups excluding carboxylic acids is 2. The lowest BCUT2D eigenvalue weighted by Gasteiger charge is -2.05. The molecule has 0 aliphatic carbocycles. The SMILES string of the molecule is CCCC(=O)c1cccc(NC(=O)/C=C(/C)Cl)c1. The van der Waals surface area contributed by atoms with Gasteiger partial charge >= 0.3 is 0 Å². The summed E-state index contributed by atoms with van der Waals surface area (Å²) in [6, 6.07) is 6.90. The number of ketones is 1. The maximum absolute atomic E-state index is 11.7. The third-order valence-electron chi connectivity index (χ3n) is 2.26. The molecule has 0 aliphatic heterocycles. The van der Waals surface area contributed by atoms with Crippen LogP contribution in [-0.4, -0.2) is 11.7 Å². The number of halogens is 1. The monoisotopic (exact) mass is 265 g/mol. The topological polar surface area (TPSA) is 46.2 Å². The number of amides is 1. The first-order valence-electron chi connectivity index (χ1n) is 5.81. The van der Waals surface area contributed by atoms with Crippen molar-refractivity contribution in [2.75, 3.05) is 5.32 Å². The fourth-order valence-electron chi connectivity index (χ4n) is 1.50. The molecule has 0 fully saturated rings. The maximum Gasteiger partial charge on any atom is 0.249 e. The van der Waals surface area contributed by atoms with Gasteiger partial charge in [-0.2, -0.15) is 0 Å². The lowest BCUT2D eigenvalue weighted by Crippen LogP contribution is -2.09. The number of rotatable bonds is 5. The summed E-state index contributed by atoms with van der Waals surface area (Å²) in [5.74, 6) is -0.222. The summed E-state index contributed by atoms with van der Waals surface area (Å²) in [7, 11) is 0. The van der Waals surface area contributed by atoms with Gasteiger partial charge in [-0.15, -0.1) is 0 Å². The Bertz CT molecular complexity index is 476. The van der Waals surface area contributed by atoms with Crippen molar-refractivity contribution in [3.63, 3.8) is 0 Å².